The minimum Gasteiger partial charge on any atom is -0.497 e. The van der Waals surface area contributed by atoms with Gasteiger partial charge < -0.3 is 14.2 Å². The molecule has 0 aliphatic heterocycles. The van der Waals surface area contributed by atoms with Crippen LogP contribution in [0, 0.1) is 17.0 Å². The van der Waals surface area contributed by atoms with Crippen LogP contribution in [0.1, 0.15) is 5.56 Å². The second-order valence-corrected chi connectivity index (χ2v) is 5.04. The van der Waals surface area contributed by atoms with Crippen LogP contribution in [-0.4, -0.2) is 31.3 Å². The average Bonchev–Trinajstić information content (AvgIpc) is 2.60. The number of nitro groups is 1. The van der Waals surface area contributed by atoms with Gasteiger partial charge in [-0.2, -0.15) is 0 Å². The van der Waals surface area contributed by atoms with Crippen molar-refractivity contribution in [2.75, 3.05) is 25.6 Å². The standard InChI is InChI=1S/C17H18N2O6/c1-12-3-4-13(11-16(12)19(21)22)18-17(20)25-10-9-24-15-7-5-14(23-2)6-8-15/h3-8,11H,9-10H2,1-2H3,(H,18,20). The molecule has 0 spiro atoms. The normalized spacial score (nSPS) is 10.0. The van der Waals surface area contributed by atoms with Crippen LogP contribution >= 0.6 is 0 Å². The van der Waals surface area contributed by atoms with Gasteiger partial charge in [-0.15, -0.1) is 0 Å². The number of hydrogen-bond acceptors (Lipinski definition) is 6. The van der Waals surface area contributed by atoms with Crippen molar-refractivity contribution in [2.45, 2.75) is 6.92 Å². The van der Waals surface area contributed by atoms with Gasteiger partial charge in [-0.3, -0.25) is 15.4 Å². The zero-order valence-corrected chi connectivity index (χ0v) is 13.9. The second-order valence-electron chi connectivity index (χ2n) is 5.04. The van der Waals surface area contributed by atoms with E-state index in [0.29, 0.717) is 17.0 Å². The fourth-order valence-corrected chi connectivity index (χ4v) is 2.00. The Morgan fingerprint density at radius 2 is 1.80 bits per heavy atom. The molecule has 2 aromatic carbocycles. The maximum atomic E-state index is 11.7. The number of ether oxygens (including phenoxy) is 3. The molecule has 0 aliphatic carbocycles. The molecule has 0 radical (unpaired) electrons. The van der Waals surface area contributed by atoms with Crippen molar-refractivity contribution in [1.82, 2.24) is 0 Å². The molecule has 132 valence electrons. The topological polar surface area (TPSA) is 99.9 Å². The lowest BCUT2D eigenvalue weighted by Crippen LogP contribution is -2.17. The average molecular weight is 346 g/mol. The van der Waals surface area contributed by atoms with Gasteiger partial charge in [0.2, 0.25) is 0 Å². The molecule has 8 nitrogen and oxygen atoms in total. The van der Waals surface area contributed by atoms with Gasteiger partial charge >= 0.3 is 6.09 Å². The van der Waals surface area contributed by atoms with Crippen LogP contribution in [-0.2, 0) is 4.74 Å². The van der Waals surface area contributed by atoms with Gasteiger partial charge in [0.05, 0.1) is 17.7 Å². The van der Waals surface area contributed by atoms with E-state index in [1.54, 1.807) is 50.4 Å². The van der Waals surface area contributed by atoms with E-state index in [-0.39, 0.29) is 18.9 Å². The van der Waals surface area contributed by atoms with Gasteiger partial charge in [0, 0.05) is 11.6 Å². The first-order valence-electron chi connectivity index (χ1n) is 7.45. The summed E-state index contributed by atoms with van der Waals surface area (Å²) in [6, 6.07) is 11.4. The summed E-state index contributed by atoms with van der Waals surface area (Å²) >= 11 is 0. The maximum absolute atomic E-state index is 11.7. The highest BCUT2D eigenvalue weighted by Gasteiger charge is 2.12. The third-order valence-corrected chi connectivity index (χ3v) is 3.30. The van der Waals surface area contributed by atoms with E-state index in [2.05, 4.69) is 5.32 Å². The molecule has 2 rings (SSSR count). The van der Waals surface area contributed by atoms with Crippen molar-refractivity contribution < 1.29 is 23.9 Å². The highest BCUT2D eigenvalue weighted by molar-refractivity contribution is 5.85. The Morgan fingerprint density at radius 1 is 1.12 bits per heavy atom. The third-order valence-electron chi connectivity index (χ3n) is 3.30. The monoisotopic (exact) mass is 346 g/mol. The van der Waals surface area contributed by atoms with E-state index in [1.807, 2.05) is 0 Å². The molecule has 0 heterocycles. The first-order valence-corrected chi connectivity index (χ1v) is 7.45. The van der Waals surface area contributed by atoms with E-state index < -0.39 is 11.0 Å². The van der Waals surface area contributed by atoms with Crippen molar-refractivity contribution in [3.63, 3.8) is 0 Å². The summed E-state index contributed by atoms with van der Waals surface area (Å²) in [5, 5.41) is 13.3. The minimum atomic E-state index is -0.712. The summed E-state index contributed by atoms with van der Waals surface area (Å²) in [6.45, 7) is 1.83. The summed E-state index contributed by atoms with van der Waals surface area (Å²) < 4.78 is 15.4. The molecule has 0 atom stereocenters. The smallest absolute Gasteiger partial charge is 0.411 e. The fraction of sp³-hybridized carbons (Fsp3) is 0.235. The van der Waals surface area contributed by atoms with E-state index in [0.717, 1.165) is 5.75 Å². The Morgan fingerprint density at radius 3 is 2.44 bits per heavy atom. The van der Waals surface area contributed by atoms with E-state index >= 15 is 0 Å². The molecule has 0 unspecified atom stereocenters. The predicted octanol–water partition coefficient (Wildman–Crippen LogP) is 3.54. The number of nitro benzene ring substituents is 1. The number of amides is 1. The first-order chi connectivity index (χ1) is 12.0. The molecule has 0 aliphatic rings. The summed E-state index contributed by atoms with van der Waals surface area (Å²) in [5.41, 5.74) is 0.732. The van der Waals surface area contributed by atoms with Crippen molar-refractivity contribution in [1.29, 1.82) is 0 Å². The molecule has 8 heteroatoms. The van der Waals surface area contributed by atoms with Crippen LogP contribution in [0.3, 0.4) is 0 Å². The molecule has 2 aromatic rings. The van der Waals surface area contributed by atoms with Gasteiger partial charge in [-0.25, -0.2) is 4.79 Å². The van der Waals surface area contributed by atoms with Crippen LogP contribution in [0.5, 0.6) is 11.5 Å². The SMILES string of the molecule is COc1ccc(OCCOC(=O)Nc2ccc(C)c([N+](=O)[O-])c2)cc1. The quantitative estimate of drug-likeness (QED) is 0.467. The number of carbonyl (C=O) groups excluding carboxylic acids is 1. The van der Waals surface area contributed by atoms with Crippen LogP contribution in [0.15, 0.2) is 42.5 Å². The zero-order chi connectivity index (χ0) is 18.2. The van der Waals surface area contributed by atoms with Crippen molar-refractivity contribution in [2.24, 2.45) is 0 Å². The number of aryl methyl sites for hydroxylation is 1. The number of anilines is 1. The van der Waals surface area contributed by atoms with Gasteiger partial charge in [-0.05, 0) is 37.3 Å². The minimum absolute atomic E-state index is 0.0335. The number of methoxy groups -OCH3 is 1. The third kappa shape index (κ3) is 5.38. The lowest BCUT2D eigenvalue weighted by molar-refractivity contribution is -0.385. The van der Waals surface area contributed by atoms with Crippen LogP contribution < -0.4 is 14.8 Å². The molecule has 1 N–H and O–H groups in total. The molecule has 1 amide bonds. The molecule has 0 bridgehead atoms. The van der Waals surface area contributed by atoms with Crippen molar-refractivity contribution >= 4 is 17.5 Å². The van der Waals surface area contributed by atoms with E-state index in [1.165, 1.54) is 6.07 Å². The van der Waals surface area contributed by atoms with E-state index in [9.17, 15) is 14.9 Å². The Balaban J connectivity index is 1.77. The molecule has 0 fully saturated rings. The summed E-state index contributed by atoms with van der Waals surface area (Å²) in [4.78, 5) is 22.1. The maximum Gasteiger partial charge on any atom is 0.411 e. The lowest BCUT2D eigenvalue weighted by Gasteiger charge is -2.09. The van der Waals surface area contributed by atoms with Crippen LogP contribution in [0.4, 0.5) is 16.2 Å². The van der Waals surface area contributed by atoms with Gasteiger partial charge in [0.25, 0.3) is 5.69 Å². The van der Waals surface area contributed by atoms with Crippen LogP contribution in [0.2, 0.25) is 0 Å². The molecule has 0 saturated heterocycles. The Kier molecular flexibility index (Phi) is 6.16. The highest BCUT2D eigenvalue weighted by atomic mass is 16.6. The van der Waals surface area contributed by atoms with E-state index in [4.69, 9.17) is 14.2 Å². The Labute approximate surface area is 144 Å². The van der Waals surface area contributed by atoms with Crippen LogP contribution in [0.25, 0.3) is 0 Å². The largest absolute Gasteiger partial charge is 0.497 e. The summed E-state index contributed by atoms with van der Waals surface area (Å²) in [7, 11) is 1.57. The number of nitrogens with one attached hydrogen (secondary N) is 1. The first kappa shape index (κ1) is 18.1. The molecular weight excluding hydrogens is 328 g/mol. The van der Waals surface area contributed by atoms with Gasteiger partial charge in [0.15, 0.2) is 0 Å². The molecule has 0 aromatic heterocycles. The number of carbonyl (C=O) groups is 1. The highest BCUT2D eigenvalue weighted by Crippen LogP contribution is 2.22. The van der Waals surface area contributed by atoms with Gasteiger partial charge in [-0.1, -0.05) is 6.07 Å². The fourth-order valence-electron chi connectivity index (χ4n) is 2.00. The molecule has 25 heavy (non-hydrogen) atoms. The molecule has 0 saturated carbocycles. The number of benzene rings is 2. The van der Waals surface area contributed by atoms with Crippen molar-refractivity contribution in [3.05, 3.63) is 58.1 Å². The number of rotatable bonds is 7. The van der Waals surface area contributed by atoms with Crippen molar-refractivity contribution in [3.8, 4) is 11.5 Å². The Hall–Kier alpha value is -3.29. The predicted molar refractivity (Wildman–Crippen MR) is 91.3 cm³/mol. The Bertz CT molecular complexity index is 745. The number of hydrogen-bond donors (Lipinski definition) is 1. The molecular formula is C17H18N2O6. The van der Waals surface area contributed by atoms with Gasteiger partial charge in [0.1, 0.15) is 24.7 Å². The summed E-state index contributed by atoms with van der Waals surface area (Å²) in [5.74, 6) is 1.34. The lowest BCUT2D eigenvalue weighted by atomic mass is 10.2. The zero-order valence-electron chi connectivity index (χ0n) is 13.9. The summed E-state index contributed by atoms with van der Waals surface area (Å²) in [6.07, 6.45) is -0.712. The second kappa shape index (κ2) is 8.53. The number of nitrogens with zero attached hydrogens (tertiary/aromatic N) is 1.